The maximum atomic E-state index is 13.1. The third-order valence-electron chi connectivity index (χ3n) is 3.67. The van der Waals surface area contributed by atoms with E-state index in [0.29, 0.717) is 6.42 Å². The molecule has 1 aliphatic rings. The van der Waals surface area contributed by atoms with E-state index in [2.05, 4.69) is 10.6 Å². The summed E-state index contributed by atoms with van der Waals surface area (Å²) in [5.74, 6) is -1.41. The van der Waals surface area contributed by atoms with E-state index in [1.165, 1.54) is 12.1 Å². The molecule has 1 saturated heterocycles. The SMILES string of the molecule is CC(C)CC1(C)NC(=O)N(CC(=O)Nc2ccc(F)c(Cl)c2)C1=O. The second-order valence-corrected chi connectivity index (χ2v) is 6.84. The van der Waals surface area contributed by atoms with E-state index in [4.69, 9.17) is 11.6 Å². The smallest absolute Gasteiger partial charge is 0.324 e. The summed E-state index contributed by atoms with van der Waals surface area (Å²) in [6, 6.07) is 3.11. The Hall–Kier alpha value is -2.15. The number of hydrogen-bond acceptors (Lipinski definition) is 3. The Morgan fingerprint density at radius 2 is 2.08 bits per heavy atom. The van der Waals surface area contributed by atoms with Crippen molar-refractivity contribution in [2.24, 2.45) is 5.92 Å². The number of nitrogens with zero attached hydrogens (tertiary/aromatic N) is 1. The van der Waals surface area contributed by atoms with E-state index in [-0.39, 0.29) is 16.6 Å². The zero-order chi connectivity index (χ0) is 18.1. The van der Waals surface area contributed by atoms with Crippen LogP contribution >= 0.6 is 11.6 Å². The molecule has 0 spiro atoms. The predicted octanol–water partition coefficient (Wildman–Crippen LogP) is 2.77. The molecule has 6 nitrogen and oxygen atoms in total. The molecule has 24 heavy (non-hydrogen) atoms. The van der Waals surface area contributed by atoms with Gasteiger partial charge in [-0.3, -0.25) is 14.5 Å². The molecule has 0 bridgehead atoms. The first-order valence-electron chi connectivity index (χ1n) is 7.51. The van der Waals surface area contributed by atoms with Crippen molar-refractivity contribution in [3.63, 3.8) is 0 Å². The van der Waals surface area contributed by atoms with E-state index < -0.39 is 35.7 Å². The van der Waals surface area contributed by atoms with Crippen LogP contribution in [0.25, 0.3) is 0 Å². The largest absolute Gasteiger partial charge is 0.325 e. The van der Waals surface area contributed by atoms with Crippen LogP contribution in [0.5, 0.6) is 0 Å². The van der Waals surface area contributed by atoms with Crippen LogP contribution in [0.15, 0.2) is 18.2 Å². The lowest BCUT2D eigenvalue weighted by Gasteiger charge is -2.23. The number of halogens is 2. The zero-order valence-corrected chi connectivity index (χ0v) is 14.4. The average Bonchev–Trinajstić information content (AvgIpc) is 2.65. The van der Waals surface area contributed by atoms with Gasteiger partial charge in [0.05, 0.1) is 5.02 Å². The van der Waals surface area contributed by atoms with Crippen LogP contribution in [0.2, 0.25) is 5.02 Å². The summed E-state index contributed by atoms with van der Waals surface area (Å²) in [5.41, 5.74) is -0.728. The number of urea groups is 1. The van der Waals surface area contributed by atoms with Crippen molar-refractivity contribution in [3.05, 3.63) is 29.0 Å². The van der Waals surface area contributed by atoms with E-state index in [0.717, 1.165) is 11.0 Å². The van der Waals surface area contributed by atoms with Crippen molar-refractivity contribution in [1.82, 2.24) is 10.2 Å². The Bertz CT molecular complexity index is 695. The van der Waals surface area contributed by atoms with Crippen molar-refractivity contribution in [1.29, 1.82) is 0 Å². The fourth-order valence-electron chi connectivity index (χ4n) is 2.76. The van der Waals surface area contributed by atoms with Gasteiger partial charge in [-0.1, -0.05) is 25.4 Å². The van der Waals surface area contributed by atoms with Gasteiger partial charge < -0.3 is 10.6 Å². The molecular formula is C16H19ClFN3O3. The number of carbonyl (C=O) groups excluding carboxylic acids is 3. The molecule has 1 atom stereocenters. The number of carbonyl (C=O) groups is 3. The summed E-state index contributed by atoms with van der Waals surface area (Å²) >= 11 is 5.64. The number of nitrogens with one attached hydrogen (secondary N) is 2. The minimum absolute atomic E-state index is 0.132. The van der Waals surface area contributed by atoms with Crippen LogP contribution < -0.4 is 10.6 Å². The molecule has 2 N–H and O–H groups in total. The third kappa shape index (κ3) is 3.84. The van der Waals surface area contributed by atoms with Crippen LogP contribution in [0.1, 0.15) is 27.2 Å². The Labute approximate surface area is 144 Å². The molecule has 8 heteroatoms. The highest BCUT2D eigenvalue weighted by molar-refractivity contribution is 6.31. The Balaban J connectivity index is 2.04. The van der Waals surface area contributed by atoms with Gasteiger partial charge >= 0.3 is 6.03 Å². The van der Waals surface area contributed by atoms with Gasteiger partial charge in [-0.2, -0.15) is 0 Å². The molecule has 0 aromatic heterocycles. The summed E-state index contributed by atoms with van der Waals surface area (Å²) < 4.78 is 13.1. The van der Waals surface area contributed by atoms with Gasteiger partial charge in [0.15, 0.2) is 0 Å². The van der Waals surface area contributed by atoms with Crippen molar-refractivity contribution in [3.8, 4) is 0 Å². The number of rotatable bonds is 5. The average molecular weight is 356 g/mol. The second-order valence-electron chi connectivity index (χ2n) is 6.43. The van der Waals surface area contributed by atoms with Gasteiger partial charge in [0.25, 0.3) is 5.91 Å². The number of imide groups is 1. The van der Waals surface area contributed by atoms with Crippen LogP contribution in [-0.2, 0) is 9.59 Å². The normalized spacial score (nSPS) is 20.5. The summed E-state index contributed by atoms with van der Waals surface area (Å²) in [6.45, 7) is 5.11. The molecule has 1 fully saturated rings. The Morgan fingerprint density at radius 1 is 1.42 bits per heavy atom. The first-order chi connectivity index (χ1) is 11.1. The van der Waals surface area contributed by atoms with Gasteiger partial charge in [-0.05, 0) is 37.5 Å². The minimum Gasteiger partial charge on any atom is -0.324 e. The molecule has 0 saturated carbocycles. The Morgan fingerprint density at radius 3 is 2.67 bits per heavy atom. The van der Waals surface area contributed by atoms with E-state index >= 15 is 0 Å². The van der Waals surface area contributed by atoms with Crippen molar-refractivity contribution < 1.29 is 18.8 Å². The monoisotopic (exact) mass is 355 g/mol. The maximum absolute atomic E-state index is 13.1. The highest BCUT2D eigenvalue weighted by Crippen LogP contribution is 2.25. The molecule has 0 aliphatic carbocycles. The van der Waals surface area contributed by atoms with Crippen LogP contribution in [0.4, 0.5) is 14.9 Å². The number of anilines is 1. The molecule has 1 aromatic rings. The minimum atomic E-state index is -1.01. The van der Waals surface area contributed by atoms with E-state index in [1.54, 1.807) is 6.92 Å². The Kier molecular flexibility index (Phi) is 5.13. The van der Waals surface area contributed by atoms with E-state index in [1.807, 2.05) is 13.8 Å². The van der Waals surface area contributed by atoms with Crippen LogP contribution in [0.3, 0.4) is 0 Å². The van der Waals surface area contributed by atoms with E-state index in [9.17, 15) is 18.8 Å². The van der Waals surface area contributed by atoms with Crippen molar-refractivity contribution in [2.75, 3.05) is 11.9 Å². The zero-order valence-electron chi connectivity index (χ0n) is 13.7. The topological polar surface area (TPSA) is 78.5 Å². The van der Waals surface area contributed by atoms with Crippen molar-refractivity contribution >= 4 is 35.1 Å². The lowest BCUT2D eigenvalue weighted by molar-refractivity contribution is -0.133. The fourth-order valence-corrected chi connectivity index (χ4v) is 2.94. The second kappa shape index (κ2) is 6.76. The van der Waals surface area contributed by atoms with Crippen LogP contribution in [0, 0.1) is 11.7 Å². The third-order valence-corrected chi connectivity index (χ3v) is 3.96. The molecule has 1 unspecified atom stereocenters. The fraction of sp³-hybridized carbons (Fsp3) is 0.438. The first-order valence-corrected chi connectivity index (χ1v) is 7.89. The van der Waals surface area contributed by atoms with Crippen LogP contribution in [-0.4, -0.2) is 34.8 Å². The van der Waals surface area contributed by atoms with Gasteiger partial charge in [0, 0.05) is 5.69 Å². The first kappa shape index (κ1) is 18.2. The highest BCUT2D eigenvalue weighted by Gasteiger charge is 2.48. The molecular weight excluding hydrogens is 337 g/mol. The quantitative estimate of drug-likeness (QED) is 0.797. The maximum Gasteiger partial charge on any atom is 0.325 e. The molecule has 0 radical (unpaired) electrons. The lowest BCUT2D eigenvalue weighted by atomic mass is 9.91. The number of hydrogen-bond donors (Lipinski definition) is 2. The van der Waals surface area contributed by atoms with Gasteiger partial charge in [0.1, 0.15) is 17.9 Å². The summed E-state index contributed by atoms with van der Waals surface area (Å²) in [5, 5.41) is 4.98. The van der Waals surface area contributed by atoms with Gasteiger partial charge in [0.2, 0.25) is 5.91 Å². The molecule has 2 rings (SSSR count). The molecule has 1 aliphatic heterocycles. The summed E-state index contributed by atoms with van der Waals surface area (Å²) in [4.78, 5) is 37.4. The summed E-state index contributed by atoms with van der Waals surface area (Å²) in [6.07, 6.45) is 0.475. The molecule has 1 heterocycles. The molecule has 4 amide bonds. The number of benzene rings is 1. The van der Waals surface area contributed by atoms with Crippen molar-refractivity contribution in [2.45, 2.75) is 32.7 Å². The number of amides is 4. The standard InChI is InChI=1S/C16H19ClFN3O3/c1-9(2)7-16(3)14(23)21(15(24)20-16)8-13(22)19-10-4-5-12(18)11(17)6-10/h4-6,9H,7-8H2,1-3H3,(H,19,22)(H,20,24). The van der Waals surface area contributed by atoms with Gasteiger partial charge in [-0.15, -0.1) is 0 Å². The highest BCUT2D eigenvalue weighted by atomic mass is 35.5. The predicted molar refractivity (Wildman–Crippen MR) is 88.1 cm³/mol. The molecule has 130 valence electrons. The lowest BCUT2D eigenvalue weighted by Crippen LogP contribution is -2.45. The summed E-state index contributed by atoms with van der Waals surface area (Å²) in [7, 11) is 0. The molecule has 1 aromatic carbocycles. The van der Waals surface area contributed by atoms with Gasteiger partial charge in [-0.25, -0.2) is 9.18 Å².